The van der Waals surface area contributed by atoms with Gasteiger partial charge in [-0.3, -0.25) is 0 Å². The van der Waals surface area contributed by atoms with E-state index in [-0.39, 0.29) is 17.1 Å². The molecule has 0 aromatic heterocycles. The lowest BCUT2D eigenvalue weighted by Gasteiger charge is -2.09. The van der Waals surface area contributed by atoms with Gasteiger partial charge in [0.25, 0.3) is 0 Å². The minimum absolute atomic E-state index is 0.108. The maximum absolute atomic E-state index is 11.8. The lowest BCUT2D eigenvalue weighted by Crippen LogP contribution is -2.25. The van der Waals surface area contributed by atoms with Gasteiger partial charge in [0.05, 0.1) is 17.7 Å². The van der Waals surface area contributed by atoms with Crippen molar-refractivity contribution in [3.63, 3.8) is 0 Å². The van der Waals surface area contributed by atoms with Gasteiger partial charge < -0.3 is 10.5 Å². The highest BCUT2D eigenvalue weighted by Crippen LogP contribution is 2.24. The van der Waals surface area contributed by atoms with Crippen LogP contribution in [-0.4, -0.2) is 22.1 Å². The molecular formula is C11H16N2O3S. The van der Waals surface area contributed by atoms with Crippen molar-refractivity contribution in [3.05, 3.63) is 30.4 Å². The van der Waals surface area contributed by atoms with Crippen LogP contribution in [0.4, 0.5) is 5.69 Å². The smallest absolute Gasteiger partial charge is 0.240 e. The average Bonchev–Trinajstić information content (AvgIpc) is 2.26. The Kier molecular flexibility index (Phi) is 4.14. The summed E-state index contributed by atoms with van der Waals surface area (Å²) in [5.74, 6) is 0.448. The second-order valence-electron chi connectivity index (χ2n) is 3.69. The summed E-state index contributed by atoms with van der Waals surface area (Å²) in [4.78, 5) is 0.108. The molecule has 0 aliphatic rings. The van der Waals surface area contributed by atoms with E-state index in [0.29, 0.717) is 5.75 Å². The number of ether oxygens (including phenoxy) is 1. The molecule has 0 aliphatic carbocycles. The monoisotopic (exact) mass is 256 g/mol. The first kappa shape index (κ1) is 13.5. The predicted octanol–water partition coefficient (Wildman–Crippen LogP) is 1.13. The van der Waals surface area contributed by atoms with Gasteiger partial charge in [0.1, 0.15) is 5.75 Å². The average molecular weight is 256 g/mol. The summed E-state index contributed by atoms with van der Waals surface area (Å²) in [6, 6.07) is 4.32. The Labute approximate surface area is 101 Å². The molecule has 0 atom stereocenters. The van der Waals surface area contributed by atoms with Crippen molar-refractivity contribution in [2.75, 3.05) is 19.4 Å². The van der Waals surface area contributed by atoms with Crippen molar-refractivity contribution in [1.29, 1.82) is 0 Å². The third-order valence-corrected chi connectivity index (χ3v) is 3.47. The molecule has 0 spiro atoms. The van der Waals surface area contributed by atoms with Crippen LogP contribution in [0.25, 0.3) is 0 Å². The van der Waals surface area contributed by atoms with Gasteiger partial charge in [-0.1, -0.05) is 12.2 Å². The molecule has 0 heterocycles. The minimum atomic E-state index is -3.55. The SMILES string of the molecule is C=C(C)CNS(=O)(=O)c1ccc(OC)c(N)c1. The van der Waals surface area contributed by atoms with Crippen LogP contribution in [0.5, 0.6) is 5.75 Å². The third-order valence-electron chi connectivity index (χ3n) is 2.08. The van der Waals surface area contributed by atoms with E-state index in [1.54, 1.807) is 6.92 Å². The maximum Gasteiger partial charge on any atom is 0.240 e. The van der Waals surface area contributed by atoms with E-state index in [9.17, 15) is 8.42 Å². The number of sulfonamides is 1. The summed E-state index contributed by atoms with van der Waals surface area (Å²) in [6.07, 6.45) is 0. The highest BCUT2D eigenvalue weighted by Gasteiger charge is 2.14. The van der Waals surface area contributed by atoms with Crippen molar-refractivity contribution in [3.8, 4) is 5.75 Å². The number of hydrogen-bond donors (Lipinski definition) is 2. The van der Waals surface area contributed by atoms with Crippen LogP contribution in [0.3, 0.4) is 0 Å². The van der Waals surface area contributed by atoms with E-state index in [2.05, 4.69) is 11.3 Å². The van der Waals surface area contributed by atoms with Crippen molar-refractivity contribution < 1.29 is 13.2 Å². The van der Waals surface area contributed by atoms with Gasteiger partial charge in [-0.15, -0.1) is 0 Å². The second-order valence-corrected chi connectivity index (χ2v) is 5.45. The molecule has 1 aromatic rings. The van der Waals surface area contributed by atoms with E-state index in [1.165, 1.54) is 25.3 Å². The van der Waals surface area contributed by atoms with E-state index < -0.39 is 10.0 Å². The largest absolute Gasteiger partial charge is 0.495 e. The number of methoxy groups -OCH3 is 1. The summed E-state index contributed by atoms with van der Waals surface area (Å²) in [5, 5.41) is 0. The summed E-state index contributed by atoms with van der Waals surface area (Å²) < 4.78 is 31.1. The fourth-order valence-corrected chi connectivity index (χ4v) is 2.31. The molecule has 0 saturated heterocycles. The van der Waals surface area contributed by atoms with Crippen LogP contribution < -0.4 is 15.2 Å². The van der Waals surface area contributed by atoms with Crippen LogP contribution >= 0.6 is 0 Å². The predicted molar refractivity (Wildman–Crippen MR) is 67.4 cm³/mol. The van der Waals surface area contributed by atoms with Gasteiger partial charge in [0.15, 0.2) is 0 Å². The Balaban J connectivity index is 2.99. The summed E-state index contributed by atoms with van der Waals surface area (Å²) in [5.41, 5.74) is 6.66. The number of nitrogens with one attached hydrogen (secondary N) is 1. The molecule has 17 heavy (non-hydrogen) atoms. The molecule has 5 nitrogen and oxygen atoms in total. The first-order valence-electron chi connectivity index (χ1n) is 4.94. The summed E-state index contributed by atoms with van der Waals surface area (Å²) in [6.45, 7) is 5.57. The van der Waals surface area contributed by atoms with Gasteiger partial charge in [-0.05, 0) is 25.1 Å². The number of anilines is 1. The van der Waals surface area contributed by atoms with Crippen molar-refractivity contribution in [2.24, 2.45) is 0 Å². The highest BCUT2D eigenvalue weighted by atomic mass is 32.2. The molecule has 0 radical (unpaired) electrons. The Morgan fingerprint density at radius 1 is 1.53 bits per heavy atom. The molecule has 0 bridgehead atoms. The fourth-order valence-electron chi connectivity index (χ4n) is 1.18. The Morgan fingerprint density at radius 3 is 2.65 bits per heavy atom. The zero-order chi connectivity index (χ0) is 13.1. The molecule has 0 unspecified atom stereocenters. The number of nitrogen functional groups attached to an aromatic ring is 1. The number of benzene rings is 1. The van der Waals surface area contributed by atoms with Gasteiger partial charge in [-0.25, -0.2) is 13.1 Å². The van der Waals surface area contributed by atoms with E-state index >= 15 is 0 Å². The summed E-state index contributed by atoms with van der Waals surface area (Å²) in [7, 11) is -2.08. The molecule has 0 fully saturated rings. The standard InChI is InChI=1S/C11H16N2O3S/c1-8(2)7-13-17(14,15)9-4-5-11(16-3)10(12)6-9/h4-6,13H,1,7,12H2,2-3H3. The zero-order valence-corrected chi connectivity index (χ0v) is 10.7. The third kappa shape index (κ3) is 3.47. The molecule has 0 amide bonds. The Morgan fingerprint density at radius 2 is 2.18 bits per heavy atom. The number of hydrogen-bond acceptors (Lipinski definition) is 4. The van der Waals surface area contributed by atoms with Gasteiger partial charge in [0, 0.05) is 6.54 Å². The molecular weight excluding hydrogens is 240 g/mol. The normalized spacial score (nSPS) is 11.2. The lowest BCUT2D eigenvalue weighted by atomic mass is 10.3. The van der Waals surface area contributed by atoms with Crippen LogP contribution in [0.15, 0.2) is 35.2 Å². The van der Waals surface area contributed by atoms with E-state index in [1.807, 2.05) is 0 Å². The number of rotatable bonds is 5. The Hall–Kier alpha value is -1.53. The van der Waals surface area contributed by atoms with Crippen LogP contribution in [0.2, 0.25) is 0 Å². The fraction of sp³-hybridized carbons (Fsp3) is 0.273. The molecule has 3 N–H and O–H groups in total. The molecule has 94 valence electrons. The van der Waals surface area contributed by atoms with Gasteiger partial charge in [-0.2, -0.15) is 0 Å². The lowest BCUT2D eigenvalue weighted by molar-refractivity contribution is 0.416. The quantitative estimate of drug-likeness (QED) is 0.611. The molecule has 0 saturated carbocycles. The first-order chi connectivity index (χ1) is 7.86. The van der Waals surface area contributed by atoms with Crippen molar-refractivity contribution >= 4 is 15.7 Å². The van der Waals surface area contributed by atoms with Gasteiger partial charge >= 0.3 is 0 Å². The van der Waals surface area contributed by atoms with Crippen LogP contribution in [0.1, 0.15) is 6.92 Å². The van der Waals surface area contributed by atoms with E-state index in [0.717, 1.165) is 5.57 Å². The minimum Gasteiger partial charge on any atom is -0.495 e. The first-order valence-corrected chi connectivity index (χ1v) is 6.42. The summed E-state index contributed by atoms with van der Waals surface area (Å²) >= 11 is 0. The second kappa shape index (κ2) is 5.20. The number of nitrogens with two attached hydrogens (primary N) is 1. The van der Waals surface area contributed by atoms with Crippen LogP contribution in [0, 0.1) is 0 Å². The highest BCUT2D eigenvalue weighted by molar-refractivity contribution is 7.89. The topological polar surface area (TPSA) is 81.4 Å². The molecule has 1 aromatic carbocycles. The molecule has 0 aliphatic heterocycles. The zero-order valence-electron chi connectivity index (χ0n) is 9.86. The van der Waals surface area contributed by atoms with Crippen LogP contribution in [-0.2, 0) is 10.0 Å². The van der Waals surface area contributed by atoms with E-state index in [4.69, 9.17) is 10.5 Å². The van der Waals surface area contributed by atoms with Gasteiger partial charge in [0.2, 0.25) is 10.0 Å². The van der Waals surface area contributed by atoms with Crippen molar-refractivity contribution in [2.45, 2.75) is 11.8 Å². The Bertz CT molecular complexity index is 524. The molecule has 6 heteroatoms. The molecule has 1 rings (SSSR count). The van der Waals surface area contributed by atoms with Crippen molar-refractivity contribution in [1.82, 2.24) is 4.72 Å². The maximum atomic E-state index is 11.8.